The first-order valence-corrected chi connectivity index (χ1v) is 7.94. The van der Waals surface area contributed by atoms with Crippen molar-refractivity contribution in [3.63, 3.8) is 0 Å². The average Bonchev–Trinajstić information content (AvgIpc) is 2.50. The molecule has 22 heavy (non-hydrogen) atoms. The summed E-state index contributed by atoms with van der Waals surface area (Å²) in [6, 6.07) is 7.45. The van der Waals surface area contributed by atoms with Gasteiger partial charge in [-0.2, -0.15) is 0 Å². The van der Waals surface area contributed by atoms with Crippen molar-refractivity contribution in [2.75, 3.05) is 26.2 Å². The zero-order valence-electron chi connectivity index (χ0n) is 12.6. The van der Waals surface area contributed by atoms with E-state index in [2.05, 4.69) is 4.90 Å². The van der Waals surface area contributed by atoms with Crippen molar-refractivity contribution < 1.29 is 14.6 Å². The summed E-state index contributed by atoms with van der Waals surface area (Å²) in [4.78, 5) is 13.3. The molecule has 1 aromatic rings. The fourth-order valence-corrected chi connectivity index (χ4v) is 2.77. The molecule has 1 heterocycles. The summed E-state index contributed by atoms with van der Waals surface area (Å²) < 4.78 is 5.53. The third kappa shape index (κ3) is 5.57. The van der Waals surface area contributed by atoms with E-state index in [1.807, 2.05) is 24.3 Å². The van der Waals surface area contributed by atoms with Crippen molar-refractivity contribution in [3.8, 4) is 0 Å². The molecular formula is C16H23ClN2O3. The third-order valence-corrected chi connectivity index (χ3v) is 4.20. The van der Waals surface area contributed by atoms with Gasteiger partial charge < -0.3 is 20.5 Å². The van der Waals surface area contributed by atoms with Crippen LogP contribution in [0.15, 0.2) is 24.3 Å². The minimum atomic E-state index is -0.530. The number of amides is 1. The van der Waals surface area contributed by atoms with E-state index >= 15 is 0 Å². The molecule has 0 spiro atoms. The Balaban J connectivity index is 1.63. The smallest absolute Gasteiger partial charge is 0.220 e. The molecule has 1 aromatic carbocycles. The van der Waals surface area contributed by atoms with Crippen LogP contribution in [0.3, 0.4) is 0 Å². The monoisotopic (exact) mass is 326 g/mol. The number of nitrogens with zero attached hydrogens (tertiary/aromatic N) is 1. The fraction of sp³-hybridized carbons (Fsp3) is 0.562. The lowest BCUT2D eigenvalue weighted by Gasteiger charge is -2.31. The van der Waals surface area contributed by atoms with Gasteiger partial charge in [-0.15, -0.1) is 0 Å². The van der Waals surface area contributed by atoms with Crippen molar-refractivity contribution in [1.82, 2.24) is 4.90 Å². The van der Waals surface area contributed by atoms with E-state index in [1.165, 1.54) is 0 Å². The maximum absolute atomic E-state index is 11.1. The zero-order chi connectivity index (χ0) is 15.9. The molecule has 1 unspecified atom stereocenters. The van der Waals surface area contributed by atoms with Crippen LogP contribution < -0.4 is 5.73 Å². The quantitative estimate of drug-likeness (QED) is 0.794. The number of hydrogen-bond acceptors (Lipinski definition) is 4. The number of carbonyl (C=O) groups is 1. The third-order valence-electron chi connectivity index (χ3n) is 3.95. The predicted octanol–water partition coefficient (Wildman–Crippen LogP) is 1.41. The molecule has 1 atom stereocenters. The largest absolute Gasteiger partial charge is 0.389 e. The summed E-state index contributed by atoms with van der Waals surface area (Å²) in [7, 11) is 0. The second-order valence-corrected chi connectivity index (χ2v) is 6.21. The van der Waals surface area contributed by atoms with Crippen molar-refractivity contribution in [1.29, 1.82) is 0 Å². The molecule has 0 radical (unpaired) electrons. The lowest BCUT2D eigenvalue weighted by molar-refractivity contribution is -0.123. The van der Waals surface area contributed by atoms with Crippen LogP contribution >= 0.6 is 11.6 Å². The highest BCUT2D eigenvalue weighted by Gasteiger charge is 2.24. The van der Waals surface area contributed by atoms with Gasteiger partial charge in [-0.05, 0) is 43.6 Å². The molecule has 0 bridgehead atoms. The average molecular weight is 327 g/mol. The van der Waals surface area contributed by atoms with E-state index in [0.717, 1.165) is 31.5 Å². The van der Waals surface area contributed by atoms with Crippen LogP contribution in [-0.4, -0.2) is 48.3 Å². The zero-order valence-corrected chi connectivity index (χ0v) is 13.3. The van der Waals surface area contributed by atoms with Crippen molar-refractivity contribution in [2.24, 2.45) is 11.7 Å². The minimum Gasteiger partial charge on any atom is -0.389 e. The van der Waals surface area contributed by atoms with Gasteiger partial charge in [0.2, 0.25) is 5.91 Å². The summed E-state index contributed by atoms with van der Waals surface area (Å²) in [6.07, 6.45) is 1.01. The molecule has 0 aromatic heterocycles. The number of likely N-dealkylation sites (tertiary alicyclic amines) is 1. The van der Waals surface area contributed by atoms with Crippen LogP contribution in [0.4, 0.5) is 0 Å². The van der Waals surface area contributed by atoms with Crippen molar-refractivity contribution >= 4 is 17.5 Å². The van der Waals surface area contributed by atoms with Crippen LogP contribution in [0.1, 0.15) is 18.4 Å². The number of halogens is 1. The van der Waals surface area contributed by atoms with Gasteiger partial charge in [0.15, 0.2) is 0 Å². The van der Waals surface area contributed by atoms with Gasteiger partial charge in [-0.25, -0.2) is 0 Å². The molecule has 2 rings (SSSR count). The highest BCUT2D eigenvalue weighted by Crippen LogP contribution is 2.17. The Morgan fingerprint density at radius 3 is 2.59 bits per heavy atom. The van der Waals surface area contributed by atoms with Crippen LogP contribution in [0, 0.1) is 5.92 Å². The van der Waals surface area contributed by atoms with Crippen LogP contribution in [0.25, 0.3) is 0 Å². The first-order chi connectivity index (χ1) is 10.5. The van der Waals surface area contributed by atoms with Crippen LogP contribution in [-0.2, 0) is 16.1 Å². The molecule has 0 saturated carbocycles. The van der Waals surface area contributed by atoms with Crippen LogP contribution in [0.5, 0.6) is 0 Å². The molecule has 1 saturated heterocycles. The number of primary amides is 1. The molecule has 0 aliphatic carbocycles. The molecule has 5 nitrogen and oxygen atoms in total. The molecule has 1 fully saturated rings. The summed E-state index contributed by atoms with van der Waals surface area (Å²) in [5, 5.41) is 10.7. The maximum Gasteiger partial charge on any atom is 0.220 e. The summed E-state index contributed by atoms with van der Waals surface area (Å²) >= 11 is 5.82. The topological polar surface area (TPSA) is 75.8 Å². The van der Waals surface area contributed by atoms with Gasteiger partial charge in [0.05, 0.1) is 19.3 Å². The number of rotatable bonds is 7. The van der Waals surface area contributed by atoms with Gasteiger partial charge in [-0.1, -0.05) is 23.7 Å². The SMILES string of the molecule is NC(=O)C1CCN(CC(O)COCc2ccc(Cl)cc2)CC1. The number of benzene rings is 1. The number of carbonyl (C=O) groups excluding carboxylic acids is 1. The van der Waals surface area contributed by atoms with Gasteiger partial charge >= 0.3 is 0 Å². The number of piperidine rings is 1. The van der Waals surface area contributed by atoms with E-state index in [0.29, 0.717) is 24.8 Å². The first kappa shape index (κ1) is 17.2. The molecule has 1 amide bonds. The van der Waals surface area contributed by atoms with Crippen LogP contribution in [0.2, 0.25) is 5.02 Å². The van der Waals surface area contributed by atoms with E-state index in [-0.39, 0.29) is 11.8 Å². The normalized spacial score (nSPS) is 18.3. The molecular weight excluding hydrogens is 304 g/mol. The summed E-state index contributed by atoms with van der Waals surface area (Å²) in [6.45, 7) is 2.89. The molecule has 122 valence electrons. The minimum absolute atomic E-state index is 0.0189. The maximum atomic E-state index is 11.1. The Bertz CT molecular complexity index is 473. The Morgan fingerprint density at radius 2 is 2.00 bits per heavy atom. The van der Waals surface area contributed by atoms with Crippen molar-refractivity contribution in [3.05, 3.63) is 34.9 Å². The second kappa shape index (κ2) is 8.48. The standard InChI is InChI=1S/C16H23ClN2O3/c17-14-3-1-12(2-4-14)10-22-11-15(20)9-19-7-5-13(6-8-19)16(18)21/h1-4,13,15,20H,5-11H2,(H2,18,21). The summed E-state index contributed by atoms with van der Waals surface area (Å²) in [5.74, 6) is -0.235. The Labute approximate surface area is 136 Å². The van der Waals surface area contributed by atoms with Crippen molar-refractivity contribution in [2.45, 2.75) is 25.6 Å². The number of aliphatic hydroxyl groups is 1. The Morgan fingerprint density at radius 1 is 1.36 bits per heavy atom. The van der Waals surface area contributed by atoms with Gasteiger partial charge in [0, 0.05) is 17.5 Å². The van der Waals surface area contributed by atoms with Gasteiger partial charge in [-0.3, -0.25) is 4.79 Å². The lowest BCUT2D eigenvalue weighted by atomic mass is 9.96. The molecule has 1 aliphatic heterocycles. The lowest BCUT2D eigenvalue weighted by Crippen LogP contribution is -2.42. The molecule has 6 heteroatoms. The molecule has 1 aliphatic rings. The molecule has 3 N–H and O–H groups in total. The number of hydrogen-bond donors (Lipinski definition) is 2. The second-order valence-electron chi connectivity index (χ2n) is 5.77. The predicted molar refractivity (Wildman–Crippen MR) is 85.5 cm³/mol. The van der Waals surface area contributed by atoms with Gasteiger partial charge in [0.25, 0.3) is 0 Å². The highest BCUT2D eigenvalue weighted by molar-refractivity contribution is 6.30. The van der Waals surface area contributed by atoms with E-state index in [9.17, 15) is 9.90 Å². The van der Waals surface area contributed by atoms with E-state index in [1.54, 1.807) is 0 Å². The Kier molecular flexibility index (Phi) is 6.64. The van der Waals surface area contributed by atoms with Gasteiger partial charge in [0.1, 0.15) is 0 Å². The highest BCUT2D eigenvalue weighted by atomic mass is 35.5. The summed E-state index contributed by atoms with van der Waals surface area (Å²) in [5.41, 5.74) is 6.34. The first-order valence-electron chi connectivity index (χ1n) is 7.56. The number of aliphatic hydroxyl groups excluding tert-OH is 1. The Hall–Kier alpha value is -1.14. The number of β-amino-alcohol motifs (C(OH)–C–C–N with tert-alkyl or cyclic N) is 1. The fourth-order valence-electron chi connectivity index (χ4n) is 2.64. The van der Waals surface area contributed by atoms with E-state index in [4.69, 9.17) is 22.1 Å². The van der Waals surface area contributed by atoms with E-state index < -0.39 is 6.10 Å². The number of nitrogens with two attached hydrogens (primary N) is 1. The number of ether oxygens (including phenoxy) is 1.